The summed E-state index contributed by atoms with van der Waals surface area (Å²) in [4.78, 5) is 0. The van der Waals surface area contributed by atoms with Crippen LogP contribution in [0.1, 0.15) is 77.6 Å². The lowest BCUT2D eigenvalue weighted by Gasteiger charge is -2.39. The Bertz CT molecular complexity index is 220. The molecule has 0 aliphatic heterocycles. The minimum atomic E-state index is 0.804. The maximum absolute atomic E-state index is 3.68. The van der Waals surface area contributed by atoms with Gasteiger partial charge in [0.1, 0.15) is 0 Å². The maximum atomic E-state index is 3.68. The fraction of sp³-hybridized carbons (Fsp3) is 1.00. The molecule has 0 saturated heterocycles. The molecule has 2 fully saturated rings. The van der Waals surface area contributed by atoms with E-state index in [1.807, 2.05) is 0 Å². The van der Waals surface area contributed by atoms with E-state index in [9.17, 15) is 0 Å². The van der Waals surface area contributed by atoms with Gasteiger partial charge in [0.15, 0.2) is 0 Å². The van der Waals surface area contributed by atoms with Gasteiger partial charge in [0.25, 0.3) is 0 Å². The van der Waals surface area contributed by atoms with E-state index in [-0.39, 0.29) is 0 Å². The van der Waals surface area contributed by atoms with Crippen LogP contribution in [0.4, 0.5) is 0 Å². The van der Waals surface area contributed by atoms with Crippen LogP contribution in [0.25, 0.3) is 0 Å². The van der Waals surface area contributed by atoms with Gasteiger partial charge in [-0.1, -0.05) is 64.7 Å². The highest BCUT2D eigenvalue weighted by Crippen LogP contribution is 2.38. The molecule has 2 aliphatic carbocycles. The Morgan fingerprint density at radius 2 is 1.61 bits per heavy atom. The molecule has 0 aromatic carbocycles. The molecule has 106 valence electrons. The molecule has 2 rings (SSSR count). The first-order valence-corrected chi connectivity index (χ1v) is 8.52. The zero-order valence-electron chi connectivity index (χ0n) is 12.6. The molecule has 18 heavy (non-hydrogen) atoms. The summed E-state index contributed by atoms with van der Waals surface area (Å²) in [5, 5.41) is 3.68. The highest BCUT2D eigenvalue weighted by molar-refractivity contribution is 4.86. The van der Waals surface area contributed by atoms with E-state index in [4.69, 9.17) is 0 Å². The summed E-state index contributed by atoms with van der Waals surface area (Å²) < 4.78 is 0. The molecule has 0 spiro atoms. The standard InChI is InChI=1S/C17H33N/c1-3-15-11-7-8-12-16(15)17(18-2)13-14-9-5-4-6-10-14/h14-18H,3-13H2,1-2H3. The van der Waals surface area contributed by atoms with Crippen molar-refractivity contribution >= 4 is 0 Å². The Balaban J connectivity index is 1.89. The molecule has 0 aromatic rings. The normalized spacial score (nSPS) is 32.3. The molecule has 2 aliphatic rings. The molecule has 1 nitrogen and oxygen atoms in total. The van der Waals surface area contributed by atoms with Crippen LogP contribution in [0, 0.1) is 17.8 Å². The van der Waals surface area contributed by atoms with Crippen LogP contribution in [0.3, 0.4) is 0 Å². The SMILES string of the molecule is CCC1CCCCC1C(CC1CCCCC1)NC. The summed E-state index contributed by atoms with van der Waals surface area (Å²) in [6, 6.07) is 0.804. The number of nitrogens with one attached hydrogen (secondary N) is 1. The van der Waals surface area contributed by atoms with Gasteiger partial charge in [-0.05, 0) is 37.6 Å². The molecular formula is C17H33N. The van der Waals surface area contributed by atoms with Gasteiger partial charge in [0.05, 0.1) is 0 Å². The van der Waals surface area contributed by atoms with Crippen molar-refractivity contribution in [2.45, 2.75) is 83.6 Å². The summed E-state index contributed by atoms with van der Waals surface area (Å²) in [6.07, 6.45) is 16.3. The van der Waals surface area contributed by atoms with Gasteiger partial charge in [-0.25, -0.2) is 0 Å². The second-order valence-electron chi connectivity index (χ2n) is 6.75. The summed E-state index contributed by atoms with van der Waals surface area (Å²) in [6.45, 7) is 2.40. The van der Waals surface area contributed by atoms with Crippen molar-refractivity contribution in [1.82, 2.24) is 5.32 Å². The first-order valence-electron chi connectivity index (χ1n) is 8.52. The second kappa shape index (κ2) is 7.53. The van der Waals surface area contributed by atoms with Crippen molar-refractivity contribution in [3.8, 4) is 0 Å². The largest absolute Gasteiger partial charge is 0.317 e. The smallest absolute Gasteiger partial charge is 0.00976 e. The van der Waals surface area contributed by atoms with E-state index < -0.39 is 0 Å². The Hall–Kier alpha value is -0.0400. The third-order valence-corrected chi connectivity index (χ3v) is 5.69. The van der Waals surface area contributed by atoms with Gasteiger partial charge in [-0.2, -0.15) is 0 Å². The summed E-state index contributed by atoms with van der Waals surface area (Å²) in [5.74, 6) is 2.99. The first-order chi connectivity index (χ1) is 8.85. The molecule has 1 N–H and O–H groups in total. The average molecular weight is 251 g/mol. The van der Waals surface area contributed by atoms with Crippen LogP contribution >= 0.6 is 0 Å². The lowest BCUT2D eigenvalue weighted by atomic mass is 9.71. The van der Waals surface area contributed by atoms with Crippen molar-refractivity contribution < 1.29 is 0 Å². The highest BCUT2D eigenvalue weighted by atomic mass is 14.9. The maximum Gasteiger partial charge on any atom is 0.00976 e. The second-order valence-corrected chi connectivity index (χ2v) is 6.75. The van der Waals surface area contributed by atoms with E-state index in [1.165, 1.54) is 70.6 Å². The Kier molecular flexibility index (Phi) is 6.01. The number of rotatable bonds is 5. The monoisotopic (exact) mass is 251 g/mol. The van der Waals surface area contributed by atoms with Crippen LogP contribution in [-0.4, -0.2) is 13.1 Å². The Morgan fingerprint density at radius 3 is 2.28 bits per heavy atom. The number of hydrogen-bond acceptors (Lipinski definition) is 1. The molecule has 1 heteroatoms. The first kappa shape index (κ1) is 14.4. The lowest BCUT2D eigenvalue weighted by molar-refractivity contribution is 0.153. The van der Waals surface area contributed by atoms with Crippen LogP contribution in [-0.2, 0) is 0 Å². The zero-order chi connectivity index (χ0) is 12.8. The van der Waals surface area contributed by atoms with Gasteiger partial charge in [-0.15, -0.1) is 0 Å². The molecular weight excluding hydrogens is 218 g/mol. The van der Waals surface area contributed by atoms with Crippen LogP contribution < -0.4 is 5.32 Å². The van der Waals surface area contributed by atoms with Crippen LogP contribution in [0.5, 0.6) is 0 Å². The summed E-state index contributed by atoms with van der Waals surface area (Å²) >= 11 is 0. The van der Waals surface area contributed by atoms with Crippen molar-refractivity contribution in [2.24, 2.45) is 17.8 Å². The molecule has 0 amide bonds. The number of hydrogen-bond donors (Lipinski definition) is 1. The third kappa shape index (κ3) is 3.73. The average Bonchev–Trinajstić information content (AvgIpc) is 2.46. The zero-order valence-corrected chi connectivity index (χ0v) is 12.6. The predicted octanol–water partition coefficient (Wildman–Crippen LogP) is 4.76. The predicted molar refractivity (Wildman–Crippen MR) is 79.8 cm³/mol. The quantitative estimate of drug-likeness (QED) is 0.743. The van der Waals surface area contributed by atoms with E-state index in [0.717, 1.165) is 23.8 Å². The van der Waals surface area contributed by atoms with Crippen molar-refractivity contribution in [2.75, 3.05) is 7.05 Å². The topological polar surface area (TPSA) is 12.0 Å². The summed E-state index contributed by atoms with van der Waals surface area (Å²) in [7, 11) is 2.20. The molecule has 0 heterocycles. The van der Waals surface area contributed by atoms with Crippen molar-refractivity contribution in [3.05, 3.63) is 0 Å². The molecule has 0 radical (unpaired) electrons. The van der Waals surface area contributed by atoms with E-state index in [1.54, 1.807) is 0 Å². The van der Waals surface area contributed by atoms with Gasteiger partial charge in [0, 0.05) is 6.04 Å². The van der Waals surface area contributed by atoms with Gasteiger partial charge in [-0.3, -0.25) is 0 Å². The van der Waals surface area contributed by atoms with E-state index in [2.05, 4.69) is 19.3 Å². The summed E-state index contributed by atoms with van der Waals surface area (Å²) in [5.41, 5.74) is 0. The Morgan fingerprint density at radius 1 is 0.944 bits per heavy atom. The Labute approximate surface area is 114 Å². The molecule has 3 unspecified atom stereocenters. The lowest BCUT2D eigenvalue weighted by Crippen LogP contribution is -2.40. The van der Waals surface area contributed by atoms with Crippen molar-refractivity contribution in [1.29, 1.82) is 0 Å². The van der Waals surface area contributed by atoms with Crippen molar-refractivity contribution in [3.63, 3.8) is 0 Å². The molecule has 2 saturated carbocycles. The fourth-order valence-corrected chi connectivity index (χ4v) is 4.56. The van der Waals surface area contributed by atoms with E-state index in [0.29, 0.717) is 0 Å². The van der Waals surface area contributed by atoms with Gasteiger partial charge < -0.3 is 5.32 Å². The van der Waals surface area contributed by atoms with Gasteiger partial charge >= 0.3 is 0 Å². The molecule has 0 bridgehead atoms. The van der Waals surface area contributed by atoms with E-state index >= 15 is 0 Å². The van der Waals surface area contributed by atoms with Crippen LogP contribution in [0.2, 0.25) is 0 Å². The van der Waals surface area contributed by atoms with Gasteiger partial charge in [0.2, 0.25) is 0 Å². The molecule has 0 aromatic heterocycles. The van der Waals surface area contributed by atoms with Crippen LogP contribution in [0.15, 0.2) is 0 Å². The fourth-order valence-electron chi connectivity index (χ4n) is 4.56. The third-order valence-electron chi connectivity index (χ3n) is 5.69. The minimum absolute atomic E-state index is 0.804. The highest BCUT2D eigenvalue weighted by Gasteiger charge is 2.31. The molecule has 3 atom stereocenters. The minimum Gasteiger partial charge on any atom is -0.317 e.